The lowest BCUT2D eigenvalue weighted by Gasteiger charge is -2.16. The van der Waals surface area contributed by atoms with Gasteiger partial charge >= 0.3 is 0 Å². The molecular formula is C14H18N4O. The molecule has 0 saturated carbocycles. The van der Waals surface area contributed by atoms with Crippen LogP contribution in [0.3, 0.4) is 0 Å². The van der Waals surface area contributed by atoms with Crippen LogP contribution in [-0.4, -0.2) is 29.8 Å². The summed E-state index contributed by atoms with van der Waals surface area (Å²) in [5.74, 6) is 0.559. The van der Waals surface area contributed by atoms with Crippen molar-refractivity contribution in [1.29, 1.82) is 0 Å². The number of nitrogens with one attached hydrogen (secondary N) is 1. The standard InChI is InChI=1S/C14H18N4O/c1-10-9-13(18(4)16-10)15-14(19)11-7-5-6-8-12(11)17(2)3/h5-9H,1-4H3,(H,15,19). The number of rotatable bonds is 3. The van der Waals surface area contributed by atoms with Gasteiger partial charge in [0.05, 0.1) is 11.3 Å². The maximum Gasteiger partial charge on any atom is 0.258 e. The van der Waals surface area contributed by atoms with E-state index in [1.54, 1.807) is 11.7 Å². The van der Waals surface area contributed by atoms with E-state index < -0.39 is 0 Å². The molecule has 0 atom stereocenters. The lowest BCUT2D eigenvalue weighted by Crippen LogP contribution is -2.19. The smallest absolute Gasteiger partial charge is 0.258 e. The van der Waals surface area contributed by atoms with Gasteiger partial charge in [-0.15, -0.1) is 0 Å². The molecule has 0 fully saturated rings. The van der Waals surface area contributed by atoms with Gasteiger partial charge in [0.15, 0.2) is 0 Å². The third kappa shape index (κ3) is 2.76. The first-order chi connectivity index (χ1) is 8.99. The Bertz CT molecular complexity index is 601. The fourth-order valence-electron chi connectivity index (χ4n) is 1.97. The Morgan fingerprint density at radius 1 is 1.32 bits per heavy atom. The Hall–Kier alpha value is -2.30. The zero-order valence-electron chi connectivity index (χ0n) is 11.6. The molecule has 0 aliphatic heterocycles. The highest BCUT2D eigenvalue weighted by atomic mass is 16.1. The molecule has 0 saturated heterocycles. The Kier molecular flexibility index (Phi) is 3.55. The second-order valence-corrected chi connectivity index (χ2v) is 4.66. The van der Waals surface area contributed by atoms with Gasteiger partial charge in [-0.2, -0.15) is 5.10 Å². The number of para-hydroxylation sites is 1. The molecule has 19 heavy (non-hydrogen) atoms. The predicted octanol–water partition coefficient (Wildman–Crippen LogP) is 2.05. The topological polar surface area (TPSA) is 50.2 Å². The van der Waals surface area contributed by atoms with E-state index in [1.807, 2.05) is 56.3 Å². The third-order valence-corrected chi connectivity index (χ3v) is 2.87. The minimum atomic E-state index is -0.132. The minimum Gasteiger partial charge on any atom is -0.377 e. The first-order valence-corrected chi connectivity index (χ1v) is 6.07. The third-order valence-electron chi connectivity index (χ3n) is 2.87. The van der Waals surface area contributed by atoms with Gasteiger partial charge in [0.25, 0.3) is 5.91 Å². The van der Waals surface area contributed by atoms with Crippen LogP contribution in [0.2, 0.25) is 0 Å². The van der Waals surface area contributed by atoms with E-state index in [0.29, 0.717) is 11.4 Å². The number of carbonyl (C=O) groups is 1. The molecule has 0 spiro atoms. The molecule has 5 nitrogen and oxygen atoms in total. The van der Waals surface area contributed by atoms with Gasteiger partial charge in [0.2, 0.25) is 0 Å². The Morgan fingerprint density at radius 2 is 2.00 bits per heavy atom. The SMILES string of the molecule is Cc1cc(NC(=O)c2ccccc2N(C)C)n(C)n1. The molecule has 100 valence electrons. The first kappa shape index (κ1) is 13.1. The number of anilines is 2. The van der Waals surface area contributed by atoms with Gasteiger partial charge < -0.3 is 10.2 Å². The zero-order valence-corrected chi connectivity index (χ0v) is 11.6. The Labute approximate surface area is 112 Å². The van der Waals surface area contributed by atoms with Crippen LogP contribution in [-0.2, 0) is 7.05 Å². The number of aryl methyl sites for hydroxylation is 2. The number of carbonyl (C=O) groups excluding carboxylic acids is 1. The molecule has 5 heteroatoms. The van der Waals surface area contributed by atoms with Gasteiger partial charge in [-0.1, -0.05) is 12.1 Å². The number of benzene rings is 1. The van der Waals surface area contributed by atoms with Crippen LogP contribution >= 0.6 is 0 Å². The van der Waals surface area contributed by atoms with Crippen LogP contribution in [0.4, 0.5) is 11.5 Å². The van der Waals surface area contributed by atoms with Crippen molar-refractivity contribution in [3.8, 4) is 0 Å². The van der Waals surface area contributed by atoms with Crippen LogP contribution in [0, 0.1) is 6.92 Å². The highest BCUT2D eigenvalue weighted by Crippen LogP contribution is 2.19. The van der Waals surface area contributed by atoms with E-state index in [2.05, 4.69) is 10.4 Å². The molecule has 0 radical (unpaired) electrons. The fraction of sp³-hybridized carbons (Fsp3) is 0.286. The van der Waals surface area contributed by atoms with E-state index >= 15 is 0 Å². The summed E-state index contributed by atoms with van der Waals surface area (Å²) in [7, 11) is 5.64. The molecular weight excluding hydrogens is 240 g/mol. The summed E-state index contributed by atoms with van der Waals surface area (Å²) in [6, 6.07) is 9.35. The molecule has 1 aromatic heterocycles. The lowest BCUT2D eigenvalue weighted by atomic mass is 10.1. The molecule has 2 rings (SSSR count). The van der Waals surface area contributed by atoms with Crippen molar-refractivity contribution >= 4 is 17.4 Å². The summed E-state index contributed by atoms with van der Waals surface area (Å²) in [4.78, 5) is 14.2. The van der Waals surface area contributed by atoms with Crippen molar-refractivity contribution < 1.29 is 4.79 Å². The summed E-state index contributed by atoms with van der Waals surface area (Å²) in [6.45, 7) is 1.89. The van der Waals surface area contributed by atoms with Gasteiger partial charge in [-0.3, -0.25) is 9.48 Å². The van der Waals surface area contributed by atoms with E-state index in [4.69, 9.17) is 0 Å². The largest absolute Gasteiger partial charge is 0.377 e. The lowest BCUT2D eigenvalue weighted by molar-refractivity contribution is 0.102. The monoisotopic (exact) mass is 258 g/mol. The average molecular weight is 258 g/mol. The first-order valence-electron chi connectivity index (χ1n) is 6.07. The molecule has 0 bridgehead atoms. The van der Waals surface area contributed by atoms with Crippen LogP contribution in [0.5, 0.6) is 0 Å². The Balaban J connectivity index is 2.28. The van der Waals surface area contributed by atoms with Crippen molar-refractivity contribution in [2.24, 2.45) is 7.05 Å². The minimum absolute atomic E-state index is 0.132. The number of aromatic nitrogens is 2. The van der Waals surface area contributed by atoms with E-state index in [1.165, 1.54) is 0 Å². The van der Waals surface area contributed by atoms with Crippen molar-refractivity contribution in [1.82, 2.24) is 9.78 Å². The highest BCUT2D eigenvalue weighted by Gasteiger charge is 2.14. The molecule has 1 N–H and O–H groups in total. The molecule has 0 aliphatic rings. The fourth-order valence-corrected chi connectivity index (χ4v) is 1.97. The quantitative estimate of drug-likeness (QED) is 0.916. The van der Waals surface area contributed by atoms with Crippen LogP contribution in [0.15, 0.2) is 30.3 Å². The van der Waals surface area contributed by atoms with Crippen molar-refractivity contribution in [2.75, 3.05) is 24.3 Å². The van der Waals surface area contributed by atoms with Crippen molar-refractivity contribution in [3.05, 3.63) is 41.6 Å². The van der Waals surface area contributed by atoms with Gasteiger partial charge in [0, 0.05) is 32.9 Å². The van der Waals surface area contributed by atoms with E-state index in [9.17, 15) is 4.79 Å². The average Bonchev–Trinajstić information content (AvgIpc) is 2.67. The maximum absolute atomic E-state index is 12.3. The number of hydrogen-bond donors (Lipinski definition) is 1. The summed E-state index contributed by atoms with van der Waals surface area (Å²) >= 11 is 0. The molecule has 0 unspecified atom stereocenters. The number of nitrogens with zero attached hydrogens (tertiary/aromatic N) is 3. The maximum atomic E-state index is 12.3. The van der Waals surface area contributed by atoms with E-state index in [0.717, 1.165) is 11.4 Å². The molecule has 1 amide bonds. The van der Waals surface area contributed by atoms with Crippen LogP contribution in [0.25, 0.3) is 0 Å². The molecule has 2 aromatic rings. The van der Waals surface area contributed by atoms with Gasteiger partial charge in [-0.25, -0.2) is 0 Å². The second kappa shape index (κ2) is 5.14. The van der Waals surface area contributed by atoms with Gasteiger partial charge in [0.1, 0.15) is 5.82 Å². The van der Waals surface area contributed by atoms with Crippen LogP contribution in [0.1, 0.15) is 16.1 Å². The van der Waals surface area contributed by atoms with Crippen molar-refractivity contribution in [3.63, 3.8) is 0 Å². The normalized spacial score (nSPS) is 10.3. The van der Waals surface area contributed by atoms with Crippen LogP contribution < -0.4 is 10.2 Å². The molecule has 0 aliphatic carbocycles. The second-order valence-electron chi connectivity index (χ2n) is 4.66. The summed E-state index contributed by atoms with van der Waals surface area (Å²) < 4.78 is 1.66. The summed E-state index contributed by atoms with van der Waals surface area (Å²) in [6.07, 6.45) is 0. The molecule has 1 heterocycles. The zero-order chi connectivity index (χ0) is 14.0. The molecule has 1 aromatic carbocycles. The van der Waals surface area contributed by atoms with E-state index in [-0.39, 0.29) is 5.91 Å². The van der Waals surface area contributed by atoms with Crippen molar-refractivity contribution in [2.45, 2.75) is 6.92 Å². The summed E-state index contributed by atoms with van der Waals surface area (Å²) in [5, 5.41) is 7.08. The number of amides is 1. The summed E-state index contributed by atoms with van der Waals surface area (Å²) in [5.41, 5.74) is 2.41. The number of hydrogen-bond acceptors (Lipinski definition) is 3. The Morgan fingerprint density at radius 3 is 2.58 bits per heavy atom. The highest BCUT2D eigenvalue weighted by molar-refractivity contribution is 6.07. The van der Waals surface area contributed by atoms with Gasteiger partial charge in [-0.05, 0) is 19.1 Å². The predicted molar refractivity (Wildman–Crippen MR) is 76.7 cm³/mol.